The fourth-order valence-corrected chi connectivity index (χ4v) is 2.66. The van der Waals surface area contributed by atoms with E-state index in [4.69, 9.17) is 4.42 Å². The second-order valence-corrected chi connectivity index (χ2v) is 5.66. The zero-order valence-electron chi connectivity index (χ0n) is 13.7. The first-order valence-corrected chi connectivity index (χ1v) is 8.02. The molecule has 0 radical (unpaired) electrons. The third-order valence-electron chi connectivity index (χ3n) is 3.93. The van der Waals surface area contributed by atoms with E-state index in [0.717, 1.165) is 16.8 Å². The van der Waals surface area contributed by atoms with Crippen LogP contribution in [0.15, 0.2) is 88.8 Å². The Kier molecular flexibility index (Phi) is 5.00. The van der Waals surface area contributed by atoms with Gasteiger partial charge < -0.3 is 14.8 Å². The Balaban J connectivity index is 1.84. The van der Waals surface area contributed by atoms with E-state index in [0.29, 0.717) is 6.42 Å². The molecule has 1 unspecified atom stereocenters. The fourth-order valence-electron chi connectivity index (χ4n) is 2.66. The van der Waals surface area contributed by atoms with Gasteiger partial charge in [-0.25, -0.2) is 0 Å². The van der Waals surface area contributed by atoms with Gasteiger partial charge in [0.15, 0.2) is 5.76 Å². The van der Waals surface area contributed by atoms with Crippen molar-refractivity contribution < 1.29 is 9.52 Å². The Morgan fingerprint density at radius 2 is 1.72 bits per heavy atom. The lowest BCUT2D eigenvalue weighted by Gasteiger charge is -2.18. The number of nitrogens with one attached hydrogen (secondary N) is 1. The van der Waals surface area contributed by atoms with E-state index < -0.39 is 5.43 Å². The van der Waals surface area contributed by atoms with Crippen molar-refractivity contribution in [3.05, 3.63) is 95.6 Å². The number of anilines is 1. The van der Waals surface area contributed by atoms with Crippen LogP contribution in [0.25, 0.3) is 11.1 Å². The molecule has 0 amide bonds. The molecule has 0 aliphatic rings. The maximum atomic E-state index is 11.6. The highest BCUT2D eigenvalue weighted by atomic mass is 16.4. The maximum absolute atomic E-state index is 11.6. The Morgan fingerprint density at radius 3 is 2.40 bits per heavy atom. The van der Waals surface area contributed by atoms with E-state index >= 15 is 0 Å². The third-order valence-corrected chi connectivity index (χ3v) is 3.93. The minimum Gasteiger partial charge on any atom is -0.502 e. The summed E-state index contributed by atoms with van der Waals surface area (Å²) in [6.45, 7) is 3.73. The molecule has 0 fully saturated rings. The van der Waals surface area contributed by atoms with Crippen LogP contribution in [0.2, 0.25) is 0 Å². The molecule has 1 atom stereocenters. The van der Waals surface area contributed by atoms with E-state index in [1.165, 1.54) is 12.3 Å². The molecule has 0 bridgehead atoms. The van der Waals surface area contributed by atoms with Gasteiger partial charge in [-0.05, 0) is 29.7 Å². The molecule has 0 spiro atoms. The van der Waals surface area contributed by atoms with Crippen LogP contribution in [0.3, 0.4) is 0 Å². The van der Waals surface area contributed by atoms with Crippen LogP contribution < -0.4 is 10.7 Å². The zero-order chi connectivity index (χ0) is 17.6. The molecule has 126 valence electrons. The van der Waals surface area contributed by atoms with Crippen LogP contribution in [0.5, 0.6) is 5.75 Å². The molecule has 0 aliphatic carbocycles. The first kappa shape index (κ1) is 16.6. The van der Waals surface area contributed by atoms with Crippen molar-refractivity contribution >= 4 is 5.69 Å². The van der Waals surface area contributed by atoms with Crippen molar-refractivity contribution in [1.82, 2.24) is 0 Å². The molecule has 0 saturated carbocycles. The number of hydrogen-bond acceptors (Lipinski definition) is 4. The molecule has 1 aromatic heterocycles. The molecule has 2 aromatic carbocycles. The average Bonchev–Trinajstić information content (AvgIpc) is 2.65. The van der Waals surface area contributed by atoms with E-state index in [1.807, 2.05) is 42.5 Å². The topological polar surface area (TPSA) is 62.5 Å². The van der Waals surface area contributed by atoms with Gasteiger partial charge in [0.25, 0.3) is 0 Å². The second kappa shape index (κ2) is 7.53. The Bertz CT molecular complexity index is 898. The largest absolute Gasteiger partial charge is 0.502 e. The highest BCUT2D eigenvalue weighted by Gasteiger charge is 2.19. The van der Waals surface area contributed by atoms with Crippen molar-refractivity contribution in [3.63, 3.8) is 0 Å². The third kappa shape index (κ3) is 3.80. The predicted octanol–water partition coefficient (Wildman–Crippen LogP) is 4.74. The Hall–Kier alpha value is -3.27. The highest BCUT2D eigenvalue weighted by molar-refractivity contribution is 5.66. The Morgan fingerprint density at radius 1 is 1.04 bits per heavy atom. The molecule has 3 rings (SSSR count). The fraction of sp³-hybridized carbons (Fsp3) is 0.0952. The standard InChI is InChI=1S/C21H19NO3/c1-2-6-18(21-20(24)19(23)13-14-25-21)22-17-11-9-16(10-12-17)15-7-4-3-5-8-15/h2-5,7-14,18,22,24H,1,6H2. The molecular weight excluding hydrogens is 314 g/mol. The second-order valence-electron chi connectivity index (χ2n) is 5.66. The summed E-state index contributed by atoms with van der Waals surface area (Å²) >= 11 is 0. The molecule has 4 heteroatoms. The molecule has 1 heterocycles. The normalized spacial score (nSPS) is 11.7. The summed E-state index contributed by atoms with van der Waals surface area (Å²) in [7, 11) is 0. The lowest BCUT2D eigenvalue weighted by Crippen LogP contribution is -2.13. The van der Waals surface area contributed by atoms with Gasteiger partial charge in [0.1, 0.15) is 0 Å². The minimum atomic E-state index is -0.462. The molecule has 0 aliphatic heterocycles. The number of aromatic hydroxyl groups is 1. The van der Waals surface area contributed by atoms with Crippen molar-refractivity contribution in [2.45, 2.75) is 12.5 Å². The van der Waals surface area contributed by atoms with Crippen LogP contribution in [-0.4, -0.2) is 5.11 Å². The summed E-state index contributed by atoms with van der Waals surface area (Å²) in [4.78, 5) is 11.6. The van der Waals surface area contributed by atoms with Gasteiger partial charge in [-0.15, -0.1) is 6.58 Å². The van der Waals surface area contributed by atoms with Gasteiger partial charge in [-0.2, -0.15) is 0 Å². The maximum Gasteiger partial charge on any atom is 0.226 e. The SMILES string of the molecule is C=CCC(Nc1ccc(-c2ccccc2)cc1)c1occc(=O)c1O. The summed E-state index contributed by atoms with van der Waals surface area (Å²) in [5.74, 6) is -0.165. The van der Waals surface area contributed by atoms with Gasteiger partial charge in [-0.1, -0.05) is 48.5 Å². The van der Waals surface area contributed by atoms with Crippen molar-refractivity contribution in [2.24, 2.45) is 0 Å². The van der Waals surface area contributed by atoms with E-state index in [-0.39, 0.29) is 17.6 Å². The smallest absolute Gasteiger partial charge is 0.226 e. The first-order chi connectivity index (χ1) is 12.2. The molecule has 2 N–H and O–H groups in total. The van der Waals surface area contributed by atoms with Crippen LogP contribution in [0.4, 0.5) is 5.69 Å². The molecule has 3 aromatic rings. The zero-order valence-corrected chi connectivity index (χ0v) is 13.7. The lowest BCUT2D eigenvalue weighted by atomic mass is 10.0. The summed E-state index contributed by atoms with van der Waals surface area (Å²) in [5, 5.41) is 13.3. The summed E-state index contributed by atoms with van der Waals surface area (Å²) in [6, 6.07) is 18.9. The summed E-state index contributed by atoms with van der Waals surface area (Å²) in [5.41, 5.74) is 2.65. The molecular formula is C21H19NO3. The van der Waals surface area contributed by atoms with Gasteiger partial charge in [0.05, 0.1) is 12.3 Å². The van der Waals surface area contributed by atoms with Crippen LogP contribution in [0.1, 0.15) is 18.2 Å². The molecule has 0 saturated heterocycles. The van der Waals surface area contributed by atoms with Crippen molar-refractivity contribution in [2.75, 3.05) is 5.32 Å². The average molecular weight is 333 g/mol. The number of benzene rings is 2. The summed E-state index contributed by atoms with van der Waals surface area (Å²) < 4.78 is 5.36. The van der Waals surface area contributed by atoms with E-state index in [9.17, 15) is 9.90 Å². The van der Waals surface area contributed by atoms with Gasteiger partial charge >= 0.3 is 0 Å². The van der Waals surface area contributed by atoms with Gasteiger partial charge in [0.2, 0.25) is 11.2 Å². The first-order valence-electron chi connectivity index (χ1n) is 8.02. The lowest BCUT2D eigenvalue weighted by molar-refractivity contribution is 0.385. The highest BCUT2D eigenvalue weighted by Crippen LogP contribution is 2.29. The number of hydrogen-bond donors (Lipinski definition) is 2. The monoisotopic (exact) mass is 333 g/mol. The van der Waals surface area contributed by atoms with Crippen molar-refractivity contribution in [1.29, 1.82) is 0 Å². The van der Waals surface area contributed by atoms with E-state index in [2.05, 4.69) is 24.0 Å². The van der Waals surface area contributed by atoms with Crippen molar-refractivity contribution in [3.8, 4) is 16.9 Å². The van der Waals surface area contributed by atoms with Crippen LogP contribution in [0, 0.1) is 0 Å². The van der Waals surface area contributed by atoms with Gasteiger partial charge in [0, 0.05) is 11.8 Å². The number of rotatable bonds is 6. The van der Waals surface area contributed by atoms with Crippen LogP contribution in [-0.2, 0) is 0 Å². The van der Waals surface area contributed by atoms with Crippen LogP contribution >= 0.6 is 0 Å². The van der Waals surface area contributed by atoms with E-state index in [1.54, 1.807) is 6.08 Å². The quantitative estimate of drug-likeness (QED) is 0.640. The molecule has 25 heavy (non-hydrogen) atoms. The predicted molar refractivity (Wildman–Crippen MR) is 99.7 cm³/mol. The Labute approximate surface area is 146 Å². The molecule has 4 nitrogen and oxygen atoms in total. The summed E-state index contributed by atoms with van der Waals surface area (Å²) in [6.07, 6.45) is 3.50. The van der Waals surface area contributed by atoms with Gasteiger partial charge in [-0.3, -0.25) is 4.79 Å². The minimum absolute atomic E-state index is 0.208.